The van der Waals surface area contributed by atoms with Crippen LogP contribution >= 0.6 is 15.9 Å². The van der Waals surface area contributed by atoms with Gasteiger partial charge in [-0.05, 0) is 24.3 Å². The molecule has 3 rings (SSSR count). The number of aromatic amines is 1. The number of phenols is 1. The largest absolute Gasteiger partial charge is 0.507 e. The molecule has 0 fully saturated rings. The van der Waals surface area contributed by atoms with Crippen molar-refractivity contribution in [3.63, 3.8) is 0 Å². The smallest absolute Gasteiger partial charge is 0.272 e. The van der Waals surface area contributed by atoms with Gasteiger partial charge in [0.2, 0.25) is 5.56 Å². The number of pyridine rings is 1. The standard InChI is InChI=1S/C17H12BrN3O3/c18-11-5-6-15(22)10(7-11)9-19-21-17(24)13-8-16(23)20-14-4-2-1-3-12(13)14/h1-9,22H,(H,20,23)(H,21,24). The van der Waals surface area contributed by atoms with E-state index >= 15 is 0 Å². The molecule has 0 atom stereocenters. The number of halogens is 1. The lowest BCUT2D eigenvalue weighted by Crippen LogP contribution is -2.20. The van der Waals surface area contributed by atoms with Crippen LogP contribution < -0.4 is 11.0 Å². The van der Waals surface area contributed by atoms with E-state index in [2.05, 4.69) is 31.4 Å². The Balaban J connectivity index is 1.87. The third-order valence-corrected chi connectivity index (χ3v) is 3.85. The van der Waals surface area contributed by atoms with Gasteiger partial charge in [0, 0.05) is 27.0 Å². The van der Waals surface area contributed by atoms with E-state index in [1.165, 1.54) is 18.3 Å². The van der Waals surface area contributed by atoms with Crippen LogP contribution in [0.2, 0.25) is 0 Å². The van der Waals surface area contributed by atoms with Crippen molar-refractivity contribution >= 4 is 39.0 Å². The van der Waals surface area contributed by atoms with Gasteiger partial charge in [-0.3, -0.25) is 9.59 Å². The van der Waals surface area contributed by atoms with Gasteiger partial charge in [0.15, 0.2) is 0 Å². The Kier molecular flexibility index (Phi) is 4.43. The number of nitrogens with one attached hydrogen (secondary N) is 2. The molecule has 1 heterocycles. The molecule has 0 aliphatic heterocycles. The SMILES string of the molecule is O=C(NN=Cc1cc(Br)ccc1O)c1cc(=O)[nH]c2ccccc12. The van der Waals surface area contributed by atoms with E-state index in [-0.39, 0.29) is 16.9 Å². The van der Waals surface area contributed by atoms with Gasteiger partial charge in [0.1, 0.15) is 5.75 Å². The van der Waals surface area contributed by atoms with Crippen molar-refractivity contribution in [1.82, 2.24) is 10.4 Å². The van der Waals surface area contributed by atoms with Crippen molar-refractivity contribution in [3.8, 4) is 5.75 Å². The summed E-state index contributed by atoms with van der Waals surface area (Å²) in [4.78, 5) is 26.6. The third kappa shape index (κ3) is 3.36. The molecule has 7 heteroatoms. The van der Waals surface area contributed by atoms with Gasteiger partial charge < -0.3 is 10.1 Å². The molecule has 0 bridgehead atoms. The van der Waals surface area contributed by atoms with E-state index in [0.717, 1.165) is 4.47 Å². The Morgan fingerprint density at radius 3 is 2.83 bits per heavy atom. The van der Waals surface area contributed by atoms with E-state index in [0.29, 0.717) is 16.5 Å². The topological polar surface area (TPSA) is 94.5 Å². The predicted octanol–water partition coefficient (Wildman–Crippen LogP) is 2.76. The quantitative estimate of drug-likeness (QED) is 0.477. The number of para-hydroxylation sites is 1. The molecule has 0 saturated carbocycles. The highest BCUT2D eigenvalue weighted by molar-refractivity contribution is 9.10. The molecule has 24 heavy (non-hydrogen) atoms. The molecule has 6 nitrogen and oxygen atoms in total. The molecule has 0 aliphatic rings. The summed E-state index contributed by atoms with van der Waals surface area (Å²) in [6.07, 6.45) is 1.33. The Morgan fingerprint density at radius 1 is 1.21 bits per heavy atom. The lowest BCUT2D eigenvalue weighted by atomic mass is 10.1. The number of phenolic OH excluding ortho intramolecular Hbond substituents is 1. The number of amides is 1. The minimum atomic E-state index is -0.511. The van der Waals surface area contributed by atoms with Crippen LogP contribution in [0.25, 0.3) is 10.9 Å². The Morgan fingerprint density at radius 2 is 2.00 bits per heavy atom. The van der Waals surface area contributed by atoms with Crippen LogP contribution in [0.4, 0.5) is 0 Å². The van der Waals surface area contributed by atoms with Crippen molar-refractivity contribution in [3.05, 3.63) is 74.5 Å². The fraction of sp³-hybridized carbons (Fsp3) is 0. The highest BCUT2D eigenvalue weighted by atomic mass is 79.9. The van der Waals surface area contributed by atoms with Crippen molar-refractivity contribution in [2.45, 2.75) is 0 Å². The number of H-pyrrole nitrogens is 1. The molecule has 2 aromatic carbocycles. The van der Waals surface area contributed by atoms with Crippen LogP contribution in [-0.4, -0.2) is 22.2 Å². The number of hydrogen-bond donors (Lipinski definition) is 3. The van der Waals surface area contributed by atoms with E-state index in [1.54, 1.807) is 36.4 Å². The number of aromatic hydroxyl groups is 1. The molecule has 0 unspecified atom stereocenters. The molecule has 1 aromatic heterocycles. The molecule has 3 aromatic rings. The zero-order chi connectivity index (χ0) is 17.1. The molecular weight excluding hydrogens is 374 g/mol. The third-order valence-electron chi connectivity index (χ3n) is 3.35. The maximum absolute atomic E-state index is 12.3. The van der Waals surface area contributed by atoms with Crippen molar-refractivity contribution in [2.24, 2.45) is 5.10 Å². The first-order valence-electron chi connectivity index (χ1n) is 6.98. The van der Waals surface area contributed by atoms with Gasteiger partial charge in [-0.15, -0.1) is 0 Å². The van der Waals surface area contributed by atoms with E-state index in [9.17, 15) is 14.7 Å². The normalized spacial score (nSPS) is 11.0. The maximum Gasteiger partial charge on any atom is 0.272 e. The van der Waals surface area contributed by atoms with Gasteiger partial charge in [0.25, 0.3) is 5.91 Å². The first-order valence-corrected chi connectivity index (χ1v) is 7.78. The van der Waals surface area contributed by atoms with E-state index < -0.39 is 5.91 Å². The van der Waals surface area contributed by atoms with Crippen molar-refractivity contribution in [1.29, 1.82) is 0 Å². The maximum atomic E-state index is 12.3. The molecular formula is C17H12BrN3O3. The number of carbonyl (C=O) groups is 1. The second-order valence-corrected chi connectivity index (χ2v) is 5.91. The van der Waals surface area contributed by atoms with Crippen LogP contribution in [0, 0.1) is 0 Å². The number of hydrazone groups is 1. The Hall–Kier alpha value is -2.93. The summed E-state index contributed by atoms with van der Waals surface area (Å²) in [6.45, 7) is 0. The summed E-state index contributed by atoms with van der Waals surface area (Å²) < 4.78 is 0.772. The molecule has 0 radical (unpaired) electrons. The van der Waals surface area contributed by atoms with Crippen LogP contribution in [0.15, 0.2) is 62.9 Å². The van der Waals surface area contributed by atoms with Crippen LogP contribution in [-0.2, 0) is 0 Å². The van der Waals surface area contributed by atoms with Gasteiger partial charge in [-0.25, -0.2) is 5.43 Å². The zero-order valence-corrected chi connectivity index (χ0v) is 13.9. The number of benzene rings is 2. The minimum absolute atomic E-state index is 0.0396. The lowest BCUT2D eigenvalue weighted by Gasteiger charge is -2.04. The highest BCUT2D eigenvalue weighted by Gasteiger charge is 2.10. The zero-order valence-electron chi connectivity index (χ0n) is 12.3. The average molecular weight is 386 g/mol. The minimum Gasteiger partial charge on any atom is -0.507 e. The van der Waals surface area contributed by atoms with Crippen LogP contribution in [0.3, 0.4) is 0 Å². The Bertz CT molecular complexity index is 1010. The fourth-order valence-electron chi connectivity index (χ4n) is 2.24. The summed E-state index contributed by atoms with van der Waals surface area (Å²) >= 11 is 3.29. The summed E-state index contributed by atoms with van der Waals surface area (Å²) in [6, 6.07) is 13.1. The van der Waals surface area contributed by atoms with Gasteiger partial charge >= 0.3 is 0 Å². The Labute approximate surface area is 145 Å². The number of nitrogens with zero attached hydrogens (tertiary/aromatic N) is 1. The molecule has 0 spiro atoms. The van der Waals surface area contributed by atoms with Crippen molar-refractivity contribution in [2.75, 3.05) is 0 Å². The predicted molar refractivity (Wildman–Crippen MR) is 95.4 cm³/mol. The second-order valence-electron chi connectivity index (χ2n) is 5.00. The molecule has 120 valence electrons. The second kappa shape index (κ2) is 6.67. The molecule has 0 saturated heterocycles. The summed E-state index contributed by atoms with van der Waals surface area (Å²) in [5.74, 6) is -0.471. The van der Waals surface area contributed by atoms with Gasteiger partial charge in [0.05, 0.1) is 11.8 Å². The van der Waals surface area contributed by atoms with E-state index in [1.807, 2.05) is 0 Å². The molecule has 1 amide bonds. The average Bonchev–Trinajstić information content (AvgIpc) is 2.57. The molecule has 3 N–H and O–H groups in total. The first-order chi connectivity index (χ1) is 11.5. The number of hydrogen-bond acceptors (Lipinski definition) is 4. The van der Waals surface area contributed by atoms with Crippen LogP contribution in [0.1, 0.15) is 15.9 Å². The monoisotopic (exact) mass is 385 g/mol. The molecule has 0 aliphatic carbocycles. The lowest BCUT2D eigenvalue weighted by molar-refractivity contribution is 0.0956. The summed E-state index contributed by atoms with van der Waals surface area (Å²) in [5, 5.41) is 14.2. The summed E-state index contributed by atoms with van der Waals surface area (Å²) in [7, 11) is 0. The van der Waals surface area contributed by atoms with E-state index in [4.69, 9.17) is 0 Å². The first kappa shape index (κ1) is 15.9. The van der Waals surface area contributed by atoms with Gasteiger partial charge in [-0.1, -0.05) is 34.1 Å². The number of fused-ring (bicyclic) bond motifs is 1. The fourth-order valence-corrected chi connectivity index (χ4v) is 2.62. The highest BCUT2D eigenvalue weighted by Crippen LogP contribution is 2.20. The van der Waals surface area contributed by atoms with Gasteiger partial charge in [-0.2, -0.15) is 5.10 Å². The van der Waals surface area contributed by atoms with Crippen molar-refractivity contribution < 1.29 is 9.90 Å². The number of carbonyl (C=O) groups excluding carboxylic acids is 1. The van der Waals surface area contributed by atoms with Crippen LogP contribution in [0.5, 0.6) is 5.75 Å². The number of rotatable bonds is 3. The number of aromatic nitrogens is 1. The summed E-state index contributed by atoms with van der Waals surface area (Å²) in [5.41, 5.74) is 3.24.